The number of ether oxygens (including phenoxy) is 1. The van der Waals surface area contributed by atoms with Crippen LogP contribution in [0.2, 0.25) is 0 Å². The summed E-state index contributed by atoms with van der Waals surface area (Å²) in [6.45, 7) is 0.201. The molecule has 0 saturated carbocycles. The molecule has 0 radical (unpaired) electrons. The van der Waals surface area contributed by atoms with E-state index in [4.69, 9.17) is 4.74 Å². The monoisotopic (exact) mass is 439 g/mol. The number of phenolic OH excluding ortho intramolecular Hbond substituents is 1. The zero-order chi connectivity index (χ0) is 21.8. The van der Waals surface area contributed by atoms with Crippen molar-refractivity contribution in [2.45, 2.75) is 11.1 Å². The molecule has 31 heavy (non-hydrogen) atoms. The van der Waals surface area contributed by atoms with Gasteiger partial charge in [0.05, 0.1) is 17.8 Å². The van der Waals surface area contributed by atoms with Gasteiger partial charge in [-0.05, 0) is 54.6 Å². The number of carbonyl (C=O) groups excluding carboxylic acids is 1. The Hall–Kier alpha value is -3.99. The van der Waals surface area contributed by atoms with E-state index >= 15 is 0 Å². The lowest BCUT2D eigenvalue weighted by Crippen LogP contribution is -2.32. The highest BCUT2D eigenvalue weighted by Crippen LogP contribution is 2.21. The first-order chi connectivity index (χ1) is 14.9. The van der Waals surface area contributed by atoms with Crippen LogP contribution in [0, 0.1) is 0 Å². The lowest BCUT2D eigenvalue weighted by atomic mass is 10.2. The number of nitrogens with one attached hydrogen (secondary N) is 1. The van der Waals surface area contributed by atoms with Crippen molar-refractivity contribution in [3.05, 3.63) is 72.6 Å². The fraction of sp³-hybridized carbons (Fsp3) is 0.100. The number of hydrogen-bond acceptors (Lipinski definition) is 8. The Kier molecular flexibility index (Phi) is 5.50. The standard InChI is InChI=1S/C20H17N5O5S/c26-15-4-2-14(3-5-15)19(27)25-12-18(23-13-25)30-16-6-8-17(9-7-16)31(28,29)24-20-21-10-1-11-22-20/h1-11,13,18,26H,12H2,(H,21,22,24). The van der Waals surface area contributed by atoms with Gasteiger partial charge in [0, 0.05) is 18.0 Å². The van der Waals surface area contributed by atoms with Crippen LogP contribution in [0.3, 0.4) is 0 Å². The fourth-order valence-corrected chi connectivity index (χ4v) is 3.73. The number of aromatic hydroxyl groups is 1. The smallest absolute Gasteiger partial charge is 0.264 e. The predicted octanol–water partition coefficient (Wildman–Crippen LogP) is 1.87. The number of hydrogen-bond donors (Lipinski definition) is 2. The second kappa shape index (κ2) is 8.40. The number of phenols is 1. The molecule has 0 fully saturated rings. The molecule has 0 spiro atoms. The van der Waals surface area contributed by atoms with Crippen LogP contribution in [0.15, 0.2) is 76.9 Å². The van der Waals surface area contributed by atoms with Crippen molar-refractivity contribution in [3.63, 3.8) is 0 Å². The largest absolute Gasteiger partial charge is 0.508 e. The molecule has 1 unspecified atom stereocenters. The molecule has 1 amide bonds. The maximum absolute atomic E-state index is 12.5. The summed E-state index contributed by atoms with van der Waals surface area (Å²) < 4.78 is 32.8. The summed E-state index contributed by atoms with van der Waals surface area (Å²) in [7, 11) is -3.84. The van der Waals surface area contributed by atoms with E-state index < -0.39 is 16.3 Å². The maximum atomic E-state index is 12.5. The number of sulfonamides is 1. The molecule has 1 atom stereocenters. The summed E-state index contributed by atoms with van der Waals surface area (Å²) in [6, 6.07) is 13.3. The molecule has 2 heterocycles. The van der Waals surface area contributed by atoms with Gasteiger partial charge in [0.1, 0.15) is 11.5 Å². The van der Waals surface area contributed by atoms with Crippen LogP contribution in [-0.4, -0.2) is 53.4 Å². The molecule has 2 aromatic carbocycles. The van der Waals surface area contributed by atoms with E-state index in [0.29, 0.717) is 11.3 Å². The van der Waals surface area contributed by atoms with Crippen LogP contribution in [-0.2, 0) is 10.0 Å². The predicted molar refractivity (Wildman–Crippen MR) is 111 cm³/mol. The lowest BCUT2D eigenvalue weighted by molar-refractivity contribution is 0.0825. The number of anilines is 1. The van der Waals surface area contributed by atoms with Gasteiger partial charge < -0.3 is 9.84 Å². The topological polar surface area (TPSA) is 134 Å². The number of benzene rings is 2. The Morgan fingerprint density at radius 3 is 2.42 bits per heavy atom. The second-order valence-electron chi connectivity index (χ2n) is 6.49. The van der Waals surface area contributed by atoms with Crippen molar-refractivity contribution < 1.29 is 23.1 Å². The van der Waals surface area contributed by atoms with Crippen molar-refractivity contribution >= 4 is 28.2 Å². The van der Waals surface area contributed by atoms with E-state index in [1.165, 1.54) is 72.2 Å². The van der Waals surface area contributed by atoms with Crippen LogP contribution < -0.4 is 9.46 Å². The Labute approximate surface area is 177 Å². The molecule has 10 nitrogen and oxygen atoms in total. The molecule has 0 aliphatic carbocycles. The average molecular weight is 439 g/mol. The molecule has 158 valence electrons. The zero-order valence-corrected chi connectivity index (χ0v) is 16.8. The highest BCUT2D eigenvalue weighted by molar-refractivity contribution is 7.92. The van der Waals surface area contributed by atoms with Crippen LogP contribution in [0.25, 0.3) is 0 Å². The molecule has 3 aromatic rings. The first-order valence-corrected chi connectivity index (χ1v) is 10.6. The Balaban J connectivity index is 1.37. The summed E-state index contributed by atoms with van der Waals surface area (Å²) in [6.07, 6.45) is 3.63. The van der Waals surface area contributed by atoms with E-state index in [2.05, 4.69) is 19.7 Å². The maximum Gasteiger partial charge on any atom is 0.264 e. The van der Waals surface area contributed by atoms with Gasteiger partial charge >= 0.3 is 0 Å². The minimum atomic E-state index is -3.84. The minimum absolute atomic E-state index is 0.0198. The van der Waals surface area contributed by atoms with Crippen LogP contribution >= 0.6 is 0 Å². The molecule has 0 bridgehead atoms. The van der Waals surface area contributed by atoms with E-state index in [1.807, 2.05) is 0 Å². The minimum Gasteiger partial charge on any atom is -0.508 e. The van der Waals surface area contributed by atoms with E-state index in [-0.39, 0.29) is 29.0 Å². The van der Waals surface area contributed by atoms with Gasteiger partial charge in [-0.15, -0.1) is 0 Å². The molecule has 2 N–H and O–H groups in total. The highest BCUT2D eigenvalue weighted by Gasteiger charge is 2.25. The van der Waals surface area contributed by atoms with Crippen molar-refractivity contribution in [1.82, 2.24) is 14.9 Å². The normalized spacial score (nSPS) is 15.6. The third-order valence-corrected chi connectivity index (χ3v) is 5.64. The Bertz CT molecular complexity index is 1200. The summed E-state index contributed by atoms with van der Waals surface area (Å²) in [5.74, 6) is 0.174. The quantitative estimate of drug-likeness (QED) is 0.599. The third kappa shape index (κ3) is 4.78. The van der Waals surface area contributed by atoms with E-state index in [1.54, 1.807) is 6.07 Å². The summed E-state index contributed by atoms with van der Waals surface area (Å²) >= 11 is 0. The number of aliphatic imine (C=N–C) groups is 1. The van der Waals surface area contributed by atoms with Crippen molar-refractivity contribution in [3.8, 4) is 11.5 Å². The molecular weight excluding hydrogens is 422 g/mol. The molecule has 1 aliphatic heterocycles. The summed E-state index contributed by atoms with van der Waals surface area (Å²) in [4.78, 5) is 25.7. The third-order valence-electron chi connectivity index (χ3n) is 4.30. The summed E-state index contributed by atoms with van der Waals surface area (Å²) in [5, 5.41) is 9.33. The number of nitrogens with zero attached hydrogens (tertiary/aromatic N) is 4. The Morgan fingerprint density at radius 2 is 1.74 bits per heavy atom. The van der Waals surface area contributed by atoms with Gasteiger partial charge in [-0.2, -0.15) is 0 Å². The average Bonchev–Trinajstić information content (AvgIpc) is 3.23. The van der Waals surface area contributed by atoms with Gasteiger partial charge in [-0.25, -0.2) is 28.1 Å². The molecule has 0 saturated heterocycles. The lowest BCUT2D eigenvalue weighted by Gasteiger charge is -2.16. The van der Waals surface area contributed by atoms with Crippen LogP contribution in [0.4, 0.5) is 5.95 Å². The SMILES string of the molecule is O=C(c1ccc(O)cc1)N1C=NC(Oc2ccc(S(=O)(=O)Nc3ncccn3)cc2)C1. The van der Waals surface area contributed by atoms with Crippen LogP contribution in [0.5, 0.6) is 11.5 Å². The molecule has 11 heteroatoms. The van der Waals surface area contributed by atoms with Gasteiger partial charge in [-0.3, -0.25) is 9.69 Å². The Morgan fingerprint density at radius 1 is 1.06 bits per heavy atom. The number of aromatic nitrogens is 2. The second-order valence-corrected chi connectivity index (χ2v) is 8.17. The first kappa shape index (κ1) is 20.3. The number of carbonyl (C=O) groups is 1. The van der Waals surface area contributed by atoms with Crippen molar-refractivity contribution in [1.29, 1.82) is 0 Å². The van der Waals surface area contributed by atoms with Gasteiger partial charge in [0.2, 0.25) is 12.2 Å². The van der Waals surface area contributed by atoms with Crippen molar-refractivity contribution in [2.75, 3.05) is 11.3 Å². The van der Waals surface area contributed by atoms with Gasteiger partial charge in [0.15, 0.2) is 0 Å². The van der Waals surface area contributed by atoms with E-state index in [9.17, 15) is 18.3 Å². The van der Waals surface area contributed by atoms with Gasteiger partial charge in [0.25, 0.3) is 15.9 Å². The molecule has 4 rings (SSSR count). The van der Waals surface area contributed by atoms with Crippen LogP contribution in [0.1, 0.15) is 10.4 Å². The zero-order valence-electron chi connectivity index (χ0n) is 16.0. The first-order valence-electron chi connectivity index (χ1n) is 9.10. The number of rotatable bonds is 6. The van der Waals surface area contributed by atoms with E-state index in [0.717, 1.165) is 0 Å². The highest BCUT2D eigenvalue weighted by atomic mass is 32.2. The fourth-order valence-electron chi connectivity index (χ4n) is 2.78. The summed E-state index contributed by atoms with van der Waals surface area (Å²) in [5.41, 5.74) is 0.411. The molecular formula is C20H17N5O5S. The van der Waals surface area contributed by atoms with Crippen molar-refractivity contribution in [2.24, 2.45) is 4.99 Å². The molecule has 1 aliphatic rings. The number of amides is 1. The van der Waals surface area contributed by atoms with Gasteiger partial charge in [-0.1, -0.05) is 0 Å². The molecule has 1 aromatic heterocycles.